The van der Waals surface area contributed by atoms with Crippen LogP contribution in [0.15, 0.2) is 12.3 Å². The van der Waals surface area contributed by atoms with Crippen LogP contribution >= 0.6 is 11.5 Å². The molecule has 0 aromatic carbocycles. The highest BCUT2D eigenvalue weighted by molar-refractivity contribution is 7.05. The van der Waals surface area contributed by atoms with E-state index in [2.05, 4.69) is 17.4 Å². The number of nitrogens with zero attached hydrogens (tertiary/aromatic N) is 1. The Balaban J connectivity index is 1.95. The summed E-state index contributed by atoms with van der Waals surface area (Å²) in [5, 5.41) is 9.87. The molecule has 0 radical (unpaired) electrons. The Morgan fingerprint density at radius 3 is 3.14 bits per heavy atom. The first-order valence-electron chi connectivity index (χ1n) is 5.33. The van der Waals surface area contributed by atoms with Crippen molar-refractivity contribution < 1.29 is 5.11 Å². The number of hydrogen-bond acceptors (Lipinski definition) is 3. The lowest BCUT2D eigenvalue weighted by atomic mass is 9.78. The third-order valence-corrected chi connectivity index (χ3v) is 3.92. The van der Waals surface area contributed by atoms with Crippen molar-refractivity contribution in [2.45, 2.75) is 38.7 Å². The highest BCUT2D eigenvalue weighted by atomic mass is 32.1. The van der Waals surface area contributed by atoms with Crippen molar-refractivity contribution in [3.05, 3.63) is 17.1 Å². The molecule has 0 spiro atoms. The molecule has 0 bridgehead atoms. The number of aromatic nitrogens is 1. The molecule has 2 nitrogen and oxygen atoms in total. The van der Waals surface area contributed by atoms with E-state index < -0.39 is 0 Å². The van der Waals surface area contributed by atoms with Gasteiger partial charge in [-0.1, -0.05) is 6.92 Å². The Hall–Kier alpha value is -0.410. The van der Waals surface area contributed by atoms with Crippen molar-refractivity contribution in [3.63, 3.8) is 0 Å². The fourth-order valence-corrected chi connectivity index (χ4v) is 2.98. The topological polar surface area (TPSA) is 33.1 Å². The van der Waals surface area contributed by atoms with Crippen molar-refractivity contribution in [2.75, 3.05) is 0 Å². The number of rotatable bonds is 2. The molecule has 3 unspecified atom stereocenters. The van der Waals surface area contributed by atoms with E-state index in [1.807, 2.05) is 6.20 Å². The van der Waals surface area contributed by atoms with E-state index in [1.54, 1.807) is 11.5 Å². The molecule has 1 aliphatic carbocycles. The largest absolute Gasteiger partial charge is 0.393 e. The number of aliphatic hydroxyl groups excluding tert-OH is 1. The number of aliphatic hydroxyl groups is 1. The van der Waals surface area contributed by atoms with Crippen LogP contribution < -0.4 is 0 Å². The van der Waals surface area contributed by atoms with Crippen LogP contribution in [0.25, 0.3) is 0 Å². The van der Waals surface area contributed by atoms with Gasteiger partial charge in [-0.05, 0) is 55.1 Å². The van der Waals surface area contributed by atoms with E-state index in [0.29, 0.717) is 5.92 Å². The van der Waals surface area contributed by atoms with Gasteiger partial charge in [0.15, 0.2) is 0 Å². The van der Waals surface area contributed by atoms with E-state index in [9.17, 15) is 5.11 Å². The van der Waals surface area contributed by atoms with Crippen LogP contribution in [-0.2, 0) is 6.42 Å². The normalized spacial score (nSPS) is 33.1. The zero-order valence-corrected chi connectivity index (χ0v) is 9.33. The fraction of sp³-hybridized carbons (Fsp3) is 0.727. The van der Waals surface area contributed by atoms with Crippen molar-refractivity contribution in [3.8, 4) is 0 Å². The second-order valence-electron chi connectivity index (χ2n) is 4.43. The molecule has 14 heavy (non-hydrogen) atoms. The summed E-state index contributed by atoms with van der Waals surface area (Å²) in [7, 11) is 0. The number of hydrogen-bond donors (Lipinski definition) is 1. The van der Waals surface area contributed by atoms with Crippen LogP contribution in [0, 0.1) is 11.8 Å². The molecule has 1 aromatic heterocycles. The lowest BCUT2D eigenvalue weighted by Gasteiger charge is -2.31. The Morgan fingerprint density at radius 2 is 2.43 bits per heavy atom. The van der Waals surface area contributed by atoms with Crippen LogP contribution in [-0.4, -0.2) is 15.6 Å². The minimum absolute atomic E-state index is 0.0895. The van der Waals surface area contributed by atoms with Crippen molar-refractivity contribution >= 4 is 11.5 Å². The van der Waals surface area contributed by atoms with Crippen LogP contribution in [0.3, 0.4) is 0 Å². The predicted molar refractivity (Wildman–Crippen MR) is 58.3 cm³/mol. The predicted octanol–water partition coefficient (Wildman–Crippen LogP) is 2.48. The molecule has 1 N–H and O–H groups in total. The Kier molecular flexibility index (Phi) is 3.19. The Bertz CT molecular complexity index is 273. The summed E-state index contributed by atoms with van der Waals surface area (Å²) < 4.78 is 4.09. The maximum atomic E-state index is 9.87. The molecule has 0 saturated heterocycles. The Labute approximate surface area is 89.1 Å². The van der Waals surface area contributed by atoms with E-state index in [-0.39, 0.29) is 6.10 Å². The molecule has 3 atom stereocenters. The maximum absolute atomic E-state index is 9.87. The zero-order valence-electron chi connectivity index (χ0n) is 8.52. The van der Waals surface area contributed by atoms with Gasteiger partial charge in [0.25, 0.3) is 0 Å². The van der Waals surface area contributed by atoms with Gasteiger partial charge in [0.05, 0.1) is 6.10 Å². The quantitative estimate of drug-likeness (QED) is 0.815. The fourth-order valence-electron chi connectivity index (χ4n) is 2.31. The molecule has 1 saturated carbocycles. The summed E-state index contributed by atoms with van der Waals surface area (Å²) in [6, 6.07) is 2.07. The van der Waals surface area contributed by atoms with E-state index in [0.717, 1.165) is 18.8 Å². The minimum Gasteiger partial charge on any atom is -0.393 e. The second kappa shape index (κ2) is 4.41. The highest BCUT2D eigenvalue weighted by Crippen LogP contribution is 2.31. The first-order chi connectivity index (χ1) is 6.75. The van der Waals surface area contributed by atoms with Crippen molar-refractivity contribution in [1.29, 1.82) is 0 Å². The van der Waals surface area contributed by atoms with Crippen molar-refractivity contribution in [2.24, 2.45) is 11.8 Å². The SMILES string of the molecule is CC1CCC(O)C(Cc2ccns2)C1. The molecular formula is C11H17NOS. The van der Waals surface area contributed by atoms with Gasteiger partial charge >= 0.3 is 0 Å². The third-order valence-electron chi connectivity index (χ3n) is 3.16. The van der Waals surface area contributed by atoms with Crippen molar-refractivity contribution in [1.82, 2.24) is 4.37 Å². The Morgan fingerprint density at radius 1 is 1.57 bits per heavy atom. The van der Waals surface area contributed by atoms with Gasteiger partial charge in [0, 0.05) is 11.1 Å². The molecule has 1 aliphatic rings. The van der Waals surface area contributed by atoms with Gasteiger partial charge in [-0.15, -0.1) is 0 Å². The smallest absolute Gasteiger partial charge is 0.0572 e. The standard InChI is InChI=1S/C11H17NOS/c1-8-2-3-11(13)9(6-8)7-10-4-5-12-14-10/h4-5,8-9,11,13H,2-3,6-7H2,1H3. The molecule has 2 rings (SSSR count). The lowest BCUT2D eigenvalue weighted by Crippen LogP contribution is -2.29. The minimum atomic E-state index is -0.0895. The molecular weight excluding hydrogens is 194 g/mol. The van der Waals surface area contributed by atoms with E-state index in [1.165, 1.54) is 17.7 Å². The molecule has 1 heterocycles. The van der Waals surface area contributed by atoms with Gasteiger partial charge in [-0.3, -0.25) is 0 Å². The first-order valence-corrected chi connectivity index (χ1v) is 6.10. The summed E-state index contributed by atoms with van der Waals surface area (Å²) >= 11 is 1.56. The highest BCUT2D eigenvalue weighted by Gasteiger charge is 2.27. The zero-order chi connectivity index (χ0) is 9.97. The summed E-state index contributed by atoms with van der Waals surface area (Å²) in [5.74, 6) is 1.23. The summed E-state index contributed by atoms with van der Waals surface area (Å²) in [6.45, 7) is 2.28. The first kappa shape index (κ1) is 10.1. The summed E-state index contributed by atoms with van der Waals surface area (Å²) in [4.78, 5) is 1.31. The lowest BCUT2D eigenvalue weighted by molar-refractivity contribution is 0.0523. The van der Waals surface area contributed by atoms with E-state index in [4.69, 9.17) is 0 Å². The molecule has 0 aliphatic heterocycles. The van der Waals surface area contributed by atoms with Gasteiger partial charge in [-0.25, -0.2) is 4.37 Å². The molecule has 0 amide bonds. The maximum Gasteiger partial charge on any atom is 0.0572 e. The molecule has 1 fully saturated rings. The monoisotopic (exact) mass is 211 g/mol. The van der Waals surface area contributed by atoms with Gasteiger partial charge in [-0.2, -0.15) is 0 Å². The van der Waals surface area contributed by atoms with Gasteiger partial charge < -0.3 is 5.11 Å². The van der Waals surface area contributed by atoms with Crippen LogP contribution in [0.4, 0.5) is 0 Å². The summed E-state index contributed by atoms with van der Waals surface area (Å²) in [5.41, 5.74) is 0. The van der Waals surface area contributed by atoms with Crippen LogP contribution in [0.5, 0.6) is 0 Å². The van der Waals surface area contributed by atoms with E-state index >= 15 is 0 Å². The van der Waals surface area contributed by atoms with Gasteiger partial charge in [0.1, 0.15) is 0 Å². The third kappa shape index (κ3) is 2.34. The average Bonchev–Trinajstić information content (AvgIpc) is 2.64. The van der Waals surface area contributed by atoms with Gasteiger partial charge in [0.2, 0.25) is 0 Å². The summed E-state index contributed by atoms with van der Waals surface area (Å²) in [6.07, 6.45) is 6.09. The van der Waals surface area contributed by atoms with Crippen LogP contribution in [0.1, 0.15) is 31.1 Å². The average molecular weight is 211 g/mol. The molecule has 3 heteroatoms. The molecule has 1 aromatic rings. The molecule has 78 valence electrons. The van der Waals surface area contributed by atoms with Crippen LogP contribution in [0.2, 0.25) is 0 Å². The second-order valence-corrected chi connectivity index (χ2v) is 5.35.